The van der Waals surface area contributed by atoms with Gasteiger partial charge in [-0.1, -0.05) is 12.1 Å². The average Bonchev–Trinajstić information content (AvgIpc) is 3.16. The monoisotopic (exact) mass is 453 g/mol. The Kier molecular flexibility index (Phi) is 5.41. The molecule has 166 valence electrons. The van der Waals surface area contributed by atoms with E-state index < -0.39 is 24.2 Å². The Balaban J connectivity index is 1.95. The first kappa shape index (κ1) is 21.5. The van der Waals surface area contributed by atoms with Crippen LogP contribution in [-0.4, -0.2) is 28.5 Å². The van der Waals surface area contributed by atoms with Gasteiger partial charge in [0, 0.05) is 5.56 Å². The van der Waals surface area contributed by atoms with Crippen LogP contribution in [0.25, 0.3) is 28.0 Å². The number of rotatable bonds is 5. The Morgan fingerprint density at radius 1 is 1.00 bits per heavy atom. The third-order valence-corrected chi connectivity index (χ3v) is 4.60. The van der Waals surface area contributed by atoms with Gasteiger partial charge in [-0.05, 0) is 36.4 Å². The summed E-state index contributed by atoms with van der Waals surface area (Å²) in [5, 5.41) is 3.58. The summed E-state index contributed by atoms with van der Waals surface area (Å²) < 4.78 is 91.1. The SMILES string of the molecule is COc1cc(-c2cc(C(F)(F)F)c3cnn(-c4ccccc4F)c3n2)ccc1OC(F)F. The number of alkyl halides is 5. The molecule has 2 heterocycles. The fourth-order valence-corrected chi connectivity index (χ4v) is 3.20. The Bertz CT molecular complexity index is 1290. The van der Waals surface area contributed by atoms with E-state index >= 15 is 0 Å². The minimum absolute atomic E-state index is 0.0847. The van der Waals surface area contributed by atoms with Crippen molar-refractivity contribution in [2.45, 2.75) is 12.8 Å². The molecule has 0 fully saturated rings. The lowest BCUT2D eigenvalue weighted by molar-refractivity contribution is -0.136. The molecule has 0 spiro atoms. The lowest BCUT2D eigenvalue weighted by Crippen LogP contribution is -2.08. The second kappa shape index (κ2) is 8.06. The maximum absolute atomic E-state index is 14.3. The topological polar surface area (TPSA) is 49.2 Å². The highest BCUT2D eigenvalue weighted by Crippen LogP contribution is 2.39. The van der Waals surface area contributed by atoms with Crippen LogP contribution in [-0.2, 0) is 6.18 Å². The van der Waals surface area contributed by atoms with Crippen LogP contribution in [0, 0.1) is 5.82 Å². The summed E-state index contributed by atoms with van der Waals surface area (Å²) in [6.07, 6.45) is -3.80. The summed E-state index contributed by atoms with van der Waals surface area (Å²) >= 11 is 0. The molecule has 0 atom stereocenters. The van der Waals surface area contributed by atoms with E-state index in [1.165, 1.54) is 37.4 Å². The van der Waals surface area contributed by atoms with E-state index in [2.05, 4.69) is 14.8 Å². The number of ether oxygens (including phenoxy) is 2. The first-order valence-corrected chi connectivity index (χ1v) is 9.03. The molecule has 2 aromatic heterocycles. The zero-order valence-electron chi connectivity index (χ0n) is 16.2. The van der Waals surface area contributed by atoms with Crippen LogP contribution in [0.4, 0.5) is 26.3 Å². The van der Waals surface area contributed by atoms with Crippen molar-refractivity contribution in [1.29, 1.82) is 0 Å². The lowest BCUT2D eigenvalue weighted by atomic mass is 10.1. The van der Waals surface area contributed by atoms with Gasteiger partial charge in [0.25, 0.3) is 0 Å². The highest BCUT2D eigenvalue weighted by atomic mass is 19.4. The van der Waals surface area contributed by atoms with Gasteiger partial charge in [-0.2, -0.15) is 27.1 Å². The largest absolute Gasteiger partial charge is 0.493 e. The van der Waals surface area contributed by atoms with Crippen molar-refractivity contribution in [3.05, 3.63) is 66.1 Å². The third kappa shape index (κ3) is 3.93. The van der Waals surface area contributed by atoms with Gasteiger partial charge in [-0.15, -0.1) is 0 Å². The minimum Gasteiger partial charge on any atom is -0.493 e. The Morgan fingerprint density at radius 2 is 1.75 bits per heavy atom. The molecule has 11 heteroatoms. The van der Waals surface area contributed by atoms with Crippen molar-refractivity contribution in [1.82, 2.24) is 14.8 Å². The van der Waals surface area contributed by atoms with Gasteiger partial charge in [0.2, 0.25) is 0 Å². The molecule has 0 unspecified atom stereocenters. The third-order valence-electron chi connectivity index (χ3n) is 4.60. The summed E-state index contributed by atoms with van der Waals surface area (Å²) in [7, 11) is 1.20. The highest BCUT2D eigenvalue weighted by molar-refractivity contribution is 5.84. The van der Waals surface area contributed by atoms with E-state index in [4.69, 9.17) is 4.74 Å². The van der Waals surface area contributed by atoms with Crippen molar-refractivity contribution >= 4 is 11.0 Å². The smallest absolute Gasteiger partial charge is 0.417 e. The number of pyridine rings is 1. The number of methoxy groups -OCH3 is 1. The number of fused-ring (bicyclic) bond motifs is 1. The van der Waals surface area contributed by atoms with Gasteiger partial charge in [0.05, 0.1) is 30.0 Å². The molecule has 0 saturated heterocycles. The number of benzene rings is 2. The average molecular weight is 453 g/mol. The summed E-state index contributed by atoms with van der Waals surface area (Å²) in [6.45, 7) is -3.11. The normalized spacial score (nSPS) is 11.9. The molecule has 0 saturated carbocycles. The van der Waals surface area contributed by atoms with Gasteiger partial charge in [0.1, 0.15) is 11.5 Å². The second-order valence-electron chi connectivity index (χ2n) is 6.54. The number of aromatic nitrogens is 3. The molecule has 4 aromatic rings. The van der Waals surface area contributed by atoms with Crippen molar-refractivity contribution in [2.75, 3.05) is 7.11 Å². The van der Waals surface area contributed by atoms with Gasteiger partial charge in [-0.3, -0.25) is 0 Å². The lowest BCUT2D eigenvalue weighted by Gasteiger charge is -2.14. The van der Waals surface area contributed by atoms with Crippen LogP contribution in [0.2, 0.25) is 0 Å². The number of hydrogen-bond donors (Lipinski definition) is 0. The van der Waals surface area contributed by atoms with Crippen LogP contribution in [0.1, 0.15) is 5.56 Å². The van der Waals surface area contributed by atoms with E-state index in [9.17, 15) is 26.3 Å². The predicted octanol–water partition coefficient (Wildman–Crippen LogP) is 5.86. The van der Waals surface area contributed by atoms with Crippen molar-refractivity contribution in [3.8, 4) is 28.4 Å². The second-order valence-corrected chi connectivity index (χ2v) is 6.54. The van der Waals surface area contributed by atoms with Gasteiger partial charge >= 0.3 is 12.8 Å². The fraction of sp³-hybridized carbons (Fsp3) is 0.143. The molecule has 0 aliphatic carbocycles. The van der Waals surface area contributed by atoms with Gasteiger partial charge in [-0.25, -0.2) is 14.1 Å². The molecule has 0 aliphatic heterocycles. The first-order valence-electron chi connectivity index (χ1n) is 9.03. The van der Waals surface area contributed by atoms with E-state index in [1.807, 2.05) is 0 Å². The zero-order chi connectivity index (χ0) is 23.0. The van der Waals surface area contributed by atoms with Crippen LogP contribution in [0.3, 0.4) is 0 Å². The molecular weight excluding hydrogens is 440 g/mol. The Labute approximate surface area is 176 Å². The number of halogens is 6. The maximum atomic E-state index is 14.3. The zero-order valence-corrected chi connectivity index (χ0v) is 16.2. The molecule has 0 amide bonds. The van der Waals surface area contributed by atoms with Crippen molar-refractivity contribution in [2.24, 2.45) is 0 Å². The van der Waals surface area contributed by atoms with Gasteiger partial charge < -0.3 is 9.47 Å². The standard InChI is InChI=1S/C21H13F6N3O2/c1-31-18-8-11(6-7-17(18)32-20(23)24)15-9-13(21(25,26)27)12-10-28-30(19(12)29-15)16-5-3-2-4-14(16)22/h2-10,20H,1H3. The Hall–Kier alpha value is -3.76. The number of para-hydroxylation sites is 1. The Morgan fingerprint density at radius 3 is 2.41 bits per heavy atom. The summed E-state index contributed by atoms with van der Waals surface area (Å²) in [6, 6.07) is 9.85. The summed E-state index contributed by atoms with van der Waals surface area (Å²) in [4.78, 5) is 4.25. The van der Waals surface area contributed by atoms with Gasteiger partial charge in [0.15, 0.2) is 17.1 Å². The molecule has 0 N–H and O–H groups in total. The molecule has 2 aromatic carbocycles. The van der Waals surface area contributed by atoms with Crippen molar-refractivity contribution < 1.29 is 35.8 Å². The van der Waals surface area contributed by atoms with Crippen molar-refractivity contribution in [3.63, 3.8) is 0 Å². The first-order chi connectivity index (χ1) is 15.2. The maximum Gasteiger partial charge on any atom is 0.417 e. The van der Waals surface area contributed by atoms with Crippen LogP contribution >= 0.6 is 0 Å². The molecule has 32 heavy (non-hydrogen) atoms. The molecule has 0 bridgehead atoms. The van der Waals surface area contributed by atoms with Crippen LogP contribution < -0.4 is 9.47 Å². The predicted molar refractivity (Wildman–Crippen MR) is 102 cm³/mol. The highest BCUT2D eigenvalue weighted by Gasteiger charge is 2.35. The molecule has 5 nitrogen and oxygen atoms in total. The molecule has 0 radical (unpaired) electrons. The van der Waals surface area contributed by atoms with E-state index in [0.29, 0.717) is 0 Å². The van der Waals surface area contributed by atoms with Crippen LogP contribution in [0.5, 0.6) is 11.5 Å². The van der Waals surface area contributed by atoms with E-state index in [-0.39, 0.29) is 39.5 Å². The minimum atomic E-state index is -4.76. The van der Waals surface area contributed by atoms with E-state index in [1.54, 1.807) is 0 Å². The summed E-state index contributed by atoms with van der Waals surface area (Å²) in [5.41, 5.74) is -1.36. The quantitative estimate of drug-likeness (QED) is 0.356. The van der Waals surface area contributed by atoms with Crippen LogP contribution in [0.15, 0.2) is 54.7 Å². The molecule has 0 aliphatic rings. The number of hydrogen-bond acceptors (Lipinski definition) is 4. The molecular formula is C21H13F6N3O2. The fourth-order valence-electron chi connectivity index (χ4n) is 3.20. The summed E-state index contributed by atoms with van der Waals surface area (Å²) in [5.74, 6) is -1.12. The van der Waals surface area contributed by atoms with E-state index in [0.717, 1.165) is 29.1 Å². The number of nitrogens with zero attached hydrogens (tertiary/aromatic N) is 3. The molecule has 4 rings (SSSR count).